The van der Waals surface area contributed by atoms with Crippen molar-refractivity contribution < 1.29 is 13.2 Å². The zero-order chi connectivity index (χ0) is 18.5. The number of aryl methyl sites for hydroxylation is 1. The minimum absolute atomic E-state index is 0.0725. The second-order valence-corrected chi connectivity index (χ2v) is 9.01. The van der Waals surface area contributed by atoms with Crippen LogP contribution in [0.2, 0.25) is 0 Å². The third-order valence-corrected chi connectivity index (χ3v) is 6.63. The highest BCUT2D eigenvalue weighted by molar-refractivity contribution is 7.88. The molecule has 3 heterocycles. The molecule has 1 aromatic carbocycles. The Bertz CT molecular complexity index is 927. The third kappa shape index (κ3) is 2.80. The standard InChI is InChI=1S/C17H21N5O3S/c1-11-15(19-20-18-11)17(23)21-8-13-9-22(26(2,24)25)16(14(13)10-21)12-6-4-3-5-7-12/h3-7,13-14,16H,8-10H2,1-2H3,(H,18,19,20)/t13-,14-,16+/m1/s1. The van der Waals surface area contributed by atoms with E-state index in [1.165, 1.54) is 6.26 Å². The molecule has 26 heavy (non-hydrogen) atoms. The number of likely N-dealkylation sites (tertiary alicyclic amines) is 1. The smallest absolute Gasteiger partial charge is 0.276 e. The van der Waals surface area contributed by atoms with E-state index < -0.39 is 10.0 Å². The maximum Gasteiger partial charge on any atom is 0.276 e. The van der Waals surface area contributed by atoms with E-state index in [0.29, 0.717) is 31.0 Å². The molecular weight excluding hydrogens is 354 g/mol. The van der Waals surface area contributed by atoms with Gasteiger partial charge in [-0.05, 0) is 18.4 Å². The lowest BCUT2D eigenvalue weighted by Gasteiger charge is -2.28. The minimum atomic E-state index is -3.33. The molecule has 138 valence electrons. The average Bonchev–Trinajstić information content (AvgIpc) is 3.27. The second kappa shape index (κ2) is 6.17. The molecule has 0 saturated carbocycles. The van der Waals surface area contributed by atoms with E-state index in [-0.39, 0.29) is 23.8 Å². The molecule has 2 saturated heterocycles. The molecule has 4 rings (SSSR count). The SMILES string of the molecule is Cc1n[nH]nc1C(=O)N1C[C@@H]2CN(S(C)(=O)=O)[C@@H](c3ccccc3)[C@@H]2C1. The van der Waals surface area contributed by atoms with Crippen LogP contribution in [0, 0.1) is 18.8 Å². The van der Waals surface area contributed by atoms with Gasteiger partial charge >= 0.3 is 0 Å². The number of carbonyl (C=O) groups excluding carboxylic acids is 1. The zero-order valence-corrected chi connectivity index (χ0v) is 15.5. The molecule has 1 aromatic heterocycles. The van der Waals surface area contributed by atoms with Crippen molar-refractivity contribution >= 4 is 15.9 Å². The number of carbonyl (C=O) groups is 1. The molecule has 0 bridgehead atoms. The van der Waals surface area contributed by atoms with Crippen LogP contribution in [-0.2, 0) is 10.0 Å². The van der Waals surface area contributed by atoms with E-state index in [1.807, 2.05) is 30.3 Å². The fraction of sp³-hybridized carbons (Fsp3) is 0.471. The molecular formula is C17H21N5O3S. The highest BCUT2D eigenvalue weighted by Gasteiger charge is 2.51. The fourth-order valence-corrected chi connectivity index (χ4v) is 5.37. The number of fused-ring (bicyclic) bond motifs is 1. The Morgan fingerprint density at radius 3 is 2.50 bits per heavy atom. The van der Waals surface area contributed by atoms with E-state index in [0.717, 1.165) is 5.56 Å². The van der Waals surface area contributed by atoms with Gasteiger partial charge in [0.25, 0.3) is 5.91 Å². The van der Waals surface area contributed by atoms with Gasteiger partial charge in [0.2, 0.25) is 10.0 Å². The first kappa shape index (κ1) is 17.2. The summed E-state index contributed by atoms with van der Waals surface area (Å²) in [7, 11) is -3.33. The van der Waals surface area contributed by atoms with Crippen LogP contribution in [0.1, 0.15) is 27.8 Å². The Balaban J connectivity index is 1.63. The summed E-state index contributed by atoms with van der Waals surface area (Å²) in [4.78, 5) is 14.5. The quantitative estimate of drug-likeness (QED) is 0.856. The lowest BCUT2D eigenvalue weighted by atomic mass is 9.90. The van der Waals surface area contributed by atoms with Crippen LogP contribution < -0.4 is 0 Å². The fourth-order valence-electron chi connectivity index (χ4n) is 4.21. The van der Waals surface area contributed by atoms with Gasteiger partial charge in [0, 0.05) is 25.6 Å². The molecule has 2 aliphatic heterocycles. The molecule has 0 aliphatic carbocycles. The van der Waals surface area contributed by atoms with Crippen LogP contribution in [-0.4, -0.2) is 64.8 Å². The Hall–Kier alpha value is -2.26. The van der Waals surface area contributed by atoms with Crippen molar-refractivity contribution in [1.82, 2.24) is 24.6 Å². The largest absolute Gasteiger partial charge is 0.336 e. The Kier molecular flexibility index (Phi) is 4.07. The summed E-state index contributed by atoms with van der Waals surface area (Å²) in [5.74, 6) is 0.0396. The van der Waals surface area contributed by atoms with Gasteiger partial charge in [0.1, 0.15) is 0 Å². The van der Waals surface area contributed by atoms with Crippen LogP contribution in [0.3, 0.4) is 0 Å². The number of sulfonamides is 1. The number of aromatic amines is 1. The number of aromatic nitrogens is 3. The third-order valence-electron chi connectivity index (χ3n) is 5.40. The Morgan fingerprint density at radius 2 is 1.88 bits per heavy atom. The van der Waals surface area contributed by atoms with Crippen molar-refractivity contribution in [2.24, 2.45) is 11.8 Å². The normalized spacial score (nSPS) is 26.2. The highest BCUT2D eigenvalue weighted by atomic mass is 32.2. The van der Waals surface area contributed by atoms with Crippen molar-refractivity contribution in [3.63, 3.8) is 0 Å². The summed E-state index contributed by atoms with van der Waals surface area (Å²) >= 11 is 0. The monoisotopic (exact) mass is 375 g/mol. The number of hydrogen-bond acceptors (Lipinski definition) is 5. The van der Waals surface area contributed by atoms with Gasteiger partial charge in [-0.15, -0.1) is 0 Å². The van der Waals surface area contributed by atoms with Crippen LogP contribution in [0.5, 0.6) is 0 Å². The van der Waals surface area contributed by atoms with Crippen molar-refractivity contribution in [3.8, 4) is 0 Å². The summed E-state index contributed by atoms with van der Waals surface area (Å²) in [6.45, 7) is 3.23. The van der Waals surface area contributed by atoms with Gasteiger partial charge in [0.05, 0.1) is 18.0 Å². The van der Waals surface area contributed by atoms with Crippen molar-refractivity contribution in [3.05, 3.63) is 47.3 Å². The van der Waals surface area contributed by atoms with Crippen LogP contribution in [0.4, 0.5) is 0 Å². The summed E-state index contributed by atoms with van der Waals surface area (Å²) < 4.78 is 26.2. The zero-order valence-electron chi connectivity index (χ0n) is 14.7. The lowest BCUT2D eigenvalue weighted by Crippen LogP contribution is -2.37. The number of benzene rings is 1. The molecule has 0 spiro atoms. The van der Waals surface area contributed by atoms with Crippen LogP contribution in [0.15, 0.2) is 30.3 Å². The molecule has 0 radical (unpaired) electrons. The molecule has 8 nitrogen and oxygen atoms in total. The maximum absolute atomic E-state index is 12.8. The highest BCUT2D eigenvalue weighted by Crippen LogP contribution is 2.46. The Morgan fingerprint density at radius 1 is 1.15 bits per heavy atom. The molecule has 2 aliphatic rings. The van der Waals surface area contributed by atoms with Gasteiger partial charge in [-0.3, -0.25) is 4.79 Å². The first-order valence-electron chi connectivity index (χ1n) is 8.54. The summed E-state index contributed by atoms with van der Waals surface area (Å²) in [6, 6.07) is 9.42. The molecule has 9 heteroatoms. The summed E-state index contributed by atoms with van der Waals surface area (Å²) in [5.41, 5.74) is 1.88. The van der Waals surface area contributed by atoms with E-state index in [4.69, 9.17) is 0 Å². The molecule has 2 aromatic rings. The summed E-state index contributed by atoms with van der Waals surface area (Å²) in [5, 5.41) is 10.3. The maximum atomic E-state index is 12.8. The predicted molar refractivity (Wildman–Crippen MR) is 94.7 cm³/mol. The number of nitrogens with zero attached hydrogens (tertiary/aromatic N) is 4. The number of rotatable bonds is 3. The minimum Gasteiger partial charge on any atom is -0.336 e. The molecule has 1 N–H and O–H groups in total. The van der Waals surface area contributed by atoms with Crippen molar-refractivity contribution in [1.29, 1.82) is 0 Å². The van der Waals surface area contributed by atoms with E-state index in [1.54, 1.807) is 16.1 Å². The van der Waals surface area contributed by atoms with Crippen LogP contribution in [0.25, 0.3) is 0 Å². The number of nitrogens with one attached hydrogen (secondary N) is 1. The Labute approximate surface area is 152 Å². The molecule has 3 atom stereocenters. The summed E-state index contributed by atoms with van der Waals surface area (Å²) in [6.07, 6.45) is 1.26. The molecule has 2 fully saturated rings. The lowest BCUT2D eigenvalue weighted by molar-refractivity contribution is 0.0767. The second-order valence-electron chi connectivity index (χ2n) is 7.08. The van der Waals surface area contributed by atoms with Crippen molar-refractivity contribution in [2.45, 2.75) is 13.0 Å². The number of H-pyrrole nitrogens is 1. The van der Waals surface area contributed by atoms with Crippen molar-refractivity contribution in [2.75, 3.05) is 25.9 Å². The van der Waals surface area contributed by atoms with E-state index in [9.17, 15) is 13.2 Å². The van der Waals surface area contributed by atoms with E-state index >= 15 is 0 Å². The van der Waals surface area contributed by atoms with Gasteiger partial charge in [-0.25, -0.2) is 8.42 Å². The van der Waals surface area contributed by atoms with Gasteiger partial charge in [-0.1, -0.05) is 30.3 Å². The topological polar surface area (TPSA) is 99.3 Å². The first-order chi connectivity index (χ1) is 12.4. The average molecular weight is 375 g/mol. The van der Waals surface area contributed by atoms with Gasteiger partial charge in [0.15, 0.2) is 5.69 Å². The predicted octanol–water partition coefficient (Wildman–Crippen LogP) is 0.818. The van der Waals surface area contributed by atoms with E-state index in [2.05, 4.69) is 15.4 Å². The van der Waals surface area contributed by atoms with Gasteiger partial charge in [-0.2, -0.15) is 19.7 Å². The van der Waals surface area contributed by atoms with Crippen LogP contribution >= 0.6 is 0 Å². The molecule has 1 amide bonds. The first-order valence-corrected chi connectivity index (χ1v) is 10.4. The number of amides is 1. The molecule has 0 unspecified atom stereocenters. The number of hydrogen-bond donors (Lipinski definition) is 1. The van der Waals surface area contributed by atoms with Gasteiger partial charge < -0.3 is 4.90 Å².